The van der Waals surface area contributed by atoms with Crippen LogP contribution in [0.15, 0.2) is 18.3 Å². The van der Waals surface area contributed by atoms with Crippen LogP contribution >= 0.6 is 0 Å². The van der Waals surface area contributed by atoms with Gasteiger partial charge in [0.15, 0.2) is 0 Å². The minimum atomic E-state index is 0.182. The summed E-state index contributed by atoms with van der Waals surface area (Å²) in [5.41, 5.74) is 1.99. The van der Waals surface area contributed by atoms with Crippen LogP contribution in [0.4, 0.5) is 5.82 Å². The Morgan fingerprint density at radius 3 is 2.62 bits per heavy atom. The molecule has 3 heteroatoms. The van der Waals surface area contributed by atoms with Gasteiger partial charge in [-0.2, -0.15) is 0 Å². The highest BCUT2D eigenvalue weighted by Crippen LogP contribution is 2.37. The van der Waals surface area contributed by atoms with Crippen molar-refractivity contribution in [3.63, 3.8) is 0 Å². The van der Waals surface area contributed by atoms with Crippen molar-refractivity contribution >= 4 is 5.82 Å². The molecule has 3 rings (SSSR count). The van der Waals surface area contributed by atoms with Gasteiger partial charge >= 0.3 is 0 Å². The summed E-state index contributed by atoms with van der Waals surface area (Å²) in [6.45, 7) is 11.4. The number of nitrogens with one attached hydrogen (secondary N) is 1. The lowest BCUT2D eigenvalue weighted by molar-refractivity contribution is 0.173. The first kappa shape index (κ1) is 14.8. The summed E-state index contributed by atoms with van der Waals surface area (Å²) in [6, 6.07) is 4.47. The van der Waals surface area contributed by atoms with Gasteiger partial charge < -0.3 is 10.2 Å². The molecule has 1 spiro atoms. The summed E-state index contributed by atoms with van der Waals surface area (Å²) < 4.78 is 0. The molecule has 1 aromatic heterocycles. The minimum absolute atomic E-state index is 0.182. The molecule has 3 heterocycles. The number of anilines is 1. The van der Waals surface area contributed by atoms with E-state index in [-0.39, 0.29) is 5.41 Å². The van der Waals surface area contributed by atoms with E-state index in [1.54, 1.807) is 0 Å². The van der Waals surface area contributed by atoms with Crippen LogP contribution in [0.1, 0.15) is 52.0 Å². The van der Waals surface area contributed by atoms with Crippen LogP contribution in [-0.4, -0.2) is 31.2 Å². The number of nitrogens with zero attached hydrogens (tertiary/aromatic N) is 2. The SMILES string of the molecule is CC(C)(C)c1ccc(N2CCCC3(CCCNC3)C2)nc1. The van der Waals surface area contributed by atoms with Crippen molar-refractivity contribution < 1.29 is 0 Å². The van der Waals surface area contributed by atoms with Gasteiger partial charge in [0.25, 0.3) is 0 Å². The molecule has 1 atom stereocenters. The summed E-state index contributed by atoms with van der Waals surface area (Å²) >= 11 is 0. The molecule has 0 aliphatic carbocycles. The molecule has 1 aromatic rings. The van der Waals surface area contributed by atoms with Crippen molar-refractivity contribution in [2.45, 2.75) is 51.9 Å². The molecule has 2 aliphatic heterocycles. The van der Waals surface area contributed by atoms with E-state index in [4.69, 9.17) is 4.98 Å². The third-order valence-corrected chi connectivity index (χ3v) is 5.16. The zero-order valence-electron chi connectivity index (χ0n) is 13.8. The maximum atomic E-state index is 4.75. The highest BCUT2D eigenvalue weighted by atomic mass is 15.2. The van der Waals surface area contributed by atoms with E-state index >= 15 is 0 Å². The Morgan fingerprint density at radius 2 is 2.00 bits per heavy atom. The van der Waals surface area contributed by atoms with Crippen molar-refractivity contribution in [2.75, 3.05) is 31.1 Å². The van der Waals surface area contributed by atoms with Gasteiger partial charge in [-0.15, -0.1) is 0 Å². The largest absolute Gasteiger partial charge is 0.356 e. The third kappa shape index (κ3) is 3.23. The lowest BCUT2D eigenvalue weighted by Gasteiger charge is -2.46. The fourth-order valence-electron chi connectivity index (χ4n) is 3.80. The Hall–Kier alpha value is -1.09. The number of pyridine rings is 1. The average Bonchev–Trinajstić information content (AvgIpc) is 2.47. The van der Waals surface area contributed by atoms with Gasteiger partial charge in [0.2, 0.25) is 0 Å². The van der Waals surface area contributed by atoms with Crippen LogP contribution in [-0.2, 0) is 5.41 Å². The zero-order valence-corrected chi connectivity index (χ0v) is 13.8. The molecular formula is C18H29N3. The first-order valence-corrected chi connectivity index (χ1v) is 8.41. The predicted molar refractivity (Wildman–Crippen MR) is 88.9 cm³/mol. The molecule has 1 unspecified atom stereocenters. The van der Waals surface area contributed by atoms with Gasteiger partial charge in [-0.25, -0.2) is 4.98 Å². The monoisotopic (exact) mass is 287 g/mol. The molecular weight excluding hydrogens is 258 g/mol. The Bertz CT molecular complexity index is 461. The van der Waals surface area contributed by atoms with Crippen molar-refractivity contribution in [2.24, 2.45) is 5.41 Å². The molecule has 2 fully saturated rings. The van der Waals surface area contributed by atoms with E-state index in [0.29, 0.717) is 5.41 Å². The number of rotatable bonds is 1. The molecule has 21 heavy (non-hydrogen) atoms. The Kier molecular flexibility index (Phi) is 3.96. The van der Waals surface area contributed by atoms with Crippen LogP contribution in [0.5, 0.6) is 0 Å². The highest BCUT2D eigenvalue weighted by Gasteiger charge is 2.36. The molecule has 2 saturated heterocycles. The normalized spacial score (nSPS) is 27.1. The molecule has 116 valence electrons. The standard InChI is InChI=1S/C18H29N3/c1-17(2,3)15-6-7-16(20-12-15)21-11-5-9-18(14-21)8-4-10-19-13-18/h6-7,12,19H,4-5,8-11,13-14H2,1-3H3. The second kappa shape index (κ2) is 5.60. The Morgan fingerprint density at radius 1 is 1.19 bits per heavy atom. The molecule has 1 N–H and O–H groups in total. The van der Waals surface area contributed by atoms with E-state index in [2.05, 4.69) is 49.3 Å². The summed E-state index contributed by atoms with van der Waals surface area (Å²) in [5, 5.41) is 3.60. The summed E-state index contributed by atoms with van der Waals surface area (Å²) in [5.74, 6) is 1.16. The van der Waals surface area contributed by atoms with E-state index < -0.39 is 0 Å². The number of hydrogen-bond donors (Lipinski definition) is 1. The second-order valence-corrected chi connectivity index (χ2v) is 7.96. The lowest BCUT2D eigenvalue weighted by Crippen LogP contribution is -2.51. The van der Waals surface area contributed by atoms with Crippen LogP contribution in [0.25, 0.3) is 0 Å². The first-order chi connectivity index (χ1) is 9.99. The maximum Gasteiger partial charge on any atom is 0.128 e. The van der Waals surface area contributed by atoms with E-state index in [0.717, 1.165) is 12.4 Å². The molecule has 0 radical (unpaired) electrons. The fraction of sp³-hybridized carbons (Fsp3) is 0.722. The lowest BCUT2D eigenvalue weighted by atomic mass is 9.74. The molecule has 3 nitrogen and oxygen atoms in total. The number of aromatic nitrogens is 1. The van der Waals surface area contributed by atoms with Crippen LogP contribution < -0.4 is 10.2 Å². The van der Waals surface area contributed by atoms with Crippen molar-refractivity contribution in [3.05, 3.63) is 23.9 Å². The number of hydrogen-bond acceptors (Lipinski definition) is 3. The Labute approximate surface area is 129 Å². The quantitative estimate of drug-likeness (QED) is 0.858. The summed E-state index contributed by atoms with van der Waals surface area (Å²) in [4.78, 5) is 7.26. The molecule has 0 saturated carbocycles. The van der Waals surface area contributed by atoms with Gasteiger partial charge in [-0.05, 0) is 49.3 Å². The minimum Gasteiger partial charge on any atom is -0.356 e. The van der Waals surface area contributed by atoms with Crippen LogP contribution in [0, 0.1) is 5.41 Å². The Balaban J connectivity index is 1.74. The topological polar surface area (TPSA) is 28.2 Å². The molecule has 0 aromatic carbocycles. The van der Waals surface area contributed by atoms with Crippen molar-refractivity contribution in [1.29, 1.82) is 0 Å². The van der Waals surface area contributed by atoms with Gasteiger partial charge in [0.1, 0.15) is 5.82 Å². The van der Waals surface area contributed by atoms with Crippen LogP contribution in [0.3, 0.4) is 0 Å². The third-order valence-electron chi connectivity index (χ3n) is 5.16. The zero-order chi connectivity index (χ0) is 14.9. The van der Waals surface area contributed by atoms with Crippen molar-refractivity contribution in [3.8, 4) is 0 Å². The van der Waals surface area contributed by atoms with E-state index in [1.165, 1.54) is 50.9 Å². The van der Waals surface area contributed by atoms with E-state index in [9.17, 15) is 0 Å². The van der Waals surface area contributed by atoms with E-state index in [1.807, 2.05) is 0 Å². The fourth-order valence-corrected chi connectivity index (χ4v) is 3.80. The first-order valence-electron chi connectivity index (χ1n) is 8.41. The van der Waals surface area contributed by atoms with Gasteiger partial charge in [-0.3, -0.25) is 0 Å². The highest BCUT2D eigenvalue weighted by molar-refractivity contribution is 5.41. The summed E-state index contributed by atoms with van der Waals surface area (Å²) in [7, 11) is 0. The van der Waals surface area contributed by atoms with Crippen LogP contribution in [0.2, 0.25) is 0 Å². The smallest absolute Gasteiger partial charge is 0.128 e. The second-order valence-electron chi connectivity index (χ2n) is 7.96. The van der Waals surface area contributed by atoms with Crippen molar-refractivity contribution in [1.82, 2.24) is 10.3 Å². The average molecular weight is 287 g/mol. The predicted octanol–water partition coefficient (Wildman–Crippen LogP) is 3.35. The maximum absolute atomic E-state index is 4.75. The molecule has 0 amide bonds. The molecule has 2 aliphatic rings. The number of piperidine rings is 2. The molecule has 0 bridgehead atoms. The van der Waals surface area contributed by atoms with Gasteiger partial charge in [0, 0.05) is 31.2 Å². The summed E-state index contributed by atoms with van der Waals surface area (Å²) in [6.07, 6.45) is 7.43. The van der Waals surface area contributed by atoms with Gasteiger partial charge in [-0.1, -0.05) is 26.8 Å². The van der Waals surface area contributed by atoms with Gasteiger partial charge in [0.05, 0.1) is 0 Å².